The normalized spacial score (nSPS) is 10.4. The van der Waals surface area contributed by atoms with E-state index in [0.29, 0.717) is 35.5 Å². The zero-order valence-electron chi connectivity index (χ0n) is 17.4. The van der Waals surface area contributed by atoms with Gasteiger partial charge >= 0.3 is 0 Å². The number of nitrogens with one attached hydrogen (secondary N) is 1. The van der Waals surface area contributed by atoms with Gasteiger partial charge in [-0.15, -0.1) is 0 Å². The highest BCUT2D eigenvalue weighted by molar-refractivity contribution is 9.10. The van der Waals surface area contributed by atoms with Crippen molar-refractivity contribution in [3.8, 4) is 0 Å². The lowest BCUT2D eigenvalue weighted by atomic mass is 9.98. The van der Waals surface area contributed by atoms with Crippen molar-refractivity contribution in [2.24, 2.45) is 0 Å². The standard InChI is InChI=1S/C25H23BrN2O3/c1-3-28(4-2)25(31)18-8-7-9-20(16-18)27-24(30)22-11-6-5-10-21(22)23(29)17-12-14-19(26)15-13-17/h5-16H,3-4H2,1-2H3,(H,27,30). The molecule has 3 rings (SSSR count). The third-order valence-corrected chi connectivity index (χ3v) is 5.47. The Hall–Kier alpha value is -3.25. The summed E-state index contributed by atoms with van der Waals surface area (Å²) in [5, 5.41) is 2.81. The Morgan fingerprint density at radius 1 is 0.806 bits per heavy atom. The van der Waals surface area contributed by atoms with E-state index in [1.165, 1.54) is 0 Å². The van der Waals surface area contributed by atoms with Crippen LogP contribution in [0.5, 0.6) is 0 Å². The number of anilines is 1. The molecule has 0 radical (unpaired) electrons. The topological polar surface area (TPSA) is 66.5 Å². The van der Waals surface area contributed by atoms with Crippen LogP contribution in [-0.4, -0.2) is 35.6 Å². The molecule has 5 nitrogen and oxygen atoms in total. The van der Waals surface area contributed by atoms with Gasteiger partial charge in [0.1, 0.15) is 0 Å². The molecule has 0 aliphatic carbocycles. The van der Waals surface area contributed by atoms with Crippen molar-refractivity contribution in [1.29, 1.82) is 0 Å². The Morgan fingerprint density at radius 3 is 2.10 bits per heavy atom. The van der Waals surface area contributed by atoms with Crippen molar-refractivity contribution in [3.63, 3.8) is 0 Å². The Bertz CT molecular complexity index is 1110. The van der Waals surface area contributed by atoms with E-state index in [4.69, 9.17) is 0 Å². The molecule has 0 saturated heterocycles. The number of nitrogens with zero attached hydrogens (tertiary/aromatic N) is 1. The van der Waals surface area contributed by atoms with E-state index < -0.39 is 5.91 Å². The number of hydrogen-bond donors (Lipinski definition) is 1. The monoisotopic (exact) mass is 478 g/mol. The molecule has 0 heterocycles. The van der Waals surface area contributed by atoms with E-state index in [9.17, 15) is 14.4 Å². The number of carbonyl (C=O) groups is 3. The lowest BCUT2D eigenvalue weighted by Crippen LogP contribution is -2.30. The van der Waals surface area contributed by atoms with Gasteiger partial charge in [-0.2, -0.15) is 0 Å². The number of ketones is 1. The van der Waals surface area contributed by atoms with Gasteiger partial charge < -0.3 is 10.2 Å². The molecular formula is C25H23BrN2O3. The van der Waals surface area contributed by atoms with Gasteiger partial charge in [0, 0.05) is 39.9 Å². The minimum absolute atomic E-state index is 0.0908. The average Bonchev–Trinajstić information content (AvgIpc) is 2.80. The molecule has 31 heavy (non-hydrogen) atoms. The molecule has 0 aromatic heterocycles. The average molecular weight is 479 g/mol. The molecule has 2 amide bonds. The number of hydrogen-bond acceptors (Lipinski definition) is 3. The van der Waals surface area contributed by atoms with Gasteiger partial charge in [0.15, 0.2) is 5.78 Å². The van der Waals surface area contributed by atoms with E-state index in [2.05, 4.69) is 21.2 Å². The zero-order valence-corrected chi connectivity index (χ0v) is 19.0. The van der Waals surface area contributed by atoms with E-state index >= 15 is 0 Å². The molecular weight excluding hydrogens is 456 g/mol. The molecule has 158 valence electrons. The van der Waals surface area contributed by atoms with Gasteiger partial charge in [-0.3, -0.25) is 14.4 Å². The number of halogens is 1. The van der Waals surface area contributed by atoms with Crippen LogP contribution in [-0.2, 0) is 0 Å². The third-order valence-electron chi connectivity index (χ3n) is 4.94. The molecule has 0 aliphatic rings. The van der Waals surface area contributed by atoms with Crippen LogP contribution in [0.15, 0.2) is 77.3 Å². The zero-order chi connectivity index (χ0) is 22.4. The largest absolute Gasteiger partial charge is 0.339 e. The Balaban J connectivity index is 1.85. The molecule has 0 aliphatic heterocycles. The summed E-state index contributed by atoms with van der Waals surface area (Å²) in [6.45, 7) is 5.06. The fraction of sp³-hybridized carbons (Fsp3) is 0.160. The molecule has 0 bridgehead atoms. The fourth-order valence-corrected chi connectivity index (χ4v) is 3.52. The summed E-state index contributed by atoms with van der Waals surface area (Å²) in [4.78, 5) is 40.3. The SMILES string of the molecule is CCN(CC)C(=O)c1cccc(NC(=O)c2ccccc2C(=O)c2ccc(Br)cc2)c1. The van der Waals surface area contributed by atoms with Crippen LogP contribution in [0.3, 0.4) is 0 Å². The number of carbonyl (C=O) groups excluding carboxylic acids is 3. The minimum Gasteiger partial charge on any atom is -0.339 e. The Morgan fingerprint density at radius 2 is 1.45 bits per heavy atom. The summed E-state index contributed by atoms with van der Waals surface area (Å²) in [6.07, 6.45) is 0. The highest BCUT2D eigenvalue weighted by Crippen LogP contribution is 2.19. The van der Waals surface area contributed by atoms with Crippen LogP contribution in [0.2, 0.25) is 0 Å². The summed E-state index contributed by atoms with van der Waals surface area (Å²) in [6, 6.07) is 20.5. The minimum atomic E-state index is -0.409. The first kappa shape index (κ1) is 22.4. The number of amides is 2. The lowest BCUT2D eigenvalue weighted by Gasteiger charge is -2.19. The Kier molecular flexibility index (Phi) is 7.36. The van der Waals surface area contributed by atoms with E-state index in [1.807, 2.05) is 13.8 Å². The molecule has 0 fully saturated rings. The fourth-order valence-electron chi connectivity index (χ4n) is 3.26. The van der Waals surface area contributed by atoms with Crippen molar-refractivity contribution in [2.75, 3.05) is 18.4 Å². The van der Waals surface area contributed by atoms with Gasteiger partial charge in [-0.1, -0.05) is 40.2 Å². The molecule has 0 saturated carbocycles. The van der Waals surface area contributed by atoms with Crippen LogP contribution in [0.25, 0.3) is 0 Å². The molecule has 3 aromatic carbocycles. The van der Waals surface area contributed by atoms with Gasteiger partial charge in [-0.25, -0.2) is 0 Å². The van der Waals surface area contributed by atoms with Gasteiger partial charge in [0.25, 0.3) is 11.8 Å². The van der Waals surface area contributed by atoms with E-state index in [1.54, 1.807) is 77.7 Å². The first-order valence-electron chi connectivity index (χ1n) is 10.0. The quantitative estimate of drug-likeness (QED) is 0.461. The first-order valence-corrected chi connectivity index (χ1v) is 10.8. The highest BCUT2D eigenvalue weighted by atomic mass is 79.9. The summed E-state index contributed by atoms with van der Waals surface area (Å²) in [5.41, 5.74) is 2.08. The summed E-state index contributed by atoms with van der Waals surface area (Å²) >= 11 is 3.36. The van der Waals surface area contributed by atoms with Crippen molar-refractivity contribution in [1.82, 2.24) is 4.90 Å². The predicted octanol–water partition coefficient (Wildman–Crippen LogP) is 5.41. The van der Waals surface area contributed by atoms with Crippen LogP contribution in [0.1, 0.15) is 50.5 Å². The van der Waals surface area contributed by atoms with E-state index in [-0.39, 0.29) is 17.3 Å². The van der Waals surface area contributed by atoms with Crippen LogP contribution < -0.4 is 5.32 Å². The second-order valence-corrected chi connectivity index (χ2v) is 7.81. The Labute approximate surface area is 190 Å². The second kappa shape index (κ2) is 10.2. The van der Waals surface area contributed by atoms with Crippen LogP contribution in [0, 0.1) is 0 Å². The van der Waals surface area contributed by atoms with Crippen molar-refractivity contribution >= 4 is 39.2 Å². The van der Waals surface area contributed by atoms with Gasteiger partial charge in [0.05, 0.1) is 5.56 Å². The van der Waals surface area contributed by atoms with Gasteiger partial charge in [-0.05, 0) is 62.4 Å². The number of rotatable bonds is 7. The number of benzene rings is 3. The maximum absolute atomic E-state index is 13.0. The highest BCUT2D eigenvalue weighted by Gasteiger charge is 2.19. The lowest BCUT2D eigenvalue weighted by molar-refractivity contribution is 0.0772. The smallest absolute Gasteiger partial charge is 0.256 e. The van der Waals surface area contributed by atoms with Gasteiger partial charge in [0.2, 0.25) is 0 Å². The summed E-state index contributed by atoms with van der Waals surface area (Å²) < 4.78 is 0.870. The molecule has 0 atom stereocenters. The second-order valence-electron chi connectivity index (χ2n) is 6.89. The molecule has 1 N–H and O–H groups in total. The predicted molar refractivity (Wildman–Crippen MR) is 126 cm³/mol. The van der Waals surface area contributed by atoms with Crippen molar-refractivity contribution < 1.29 is 14.4 Å². The summed E-state index contributed by atoms with van der Waals surface area (Å²) in [5.74, 6) is -0.732. The molecule has 3 aromatic rings. The maximum Gasteiger partial charge on any atom is 0.256 e. The molecule has 0 unspecified atom stereocenters. The maximum atomic E-state index is 13.0. The van der Waals surface area contributed by atoms with E-state index in [0.717, 1.165) is 4.47 Å². The molecule has 0 spiro atoms. The third kappa shape index (κ3) is 5.27. The molecule has 6 heteroatoms. The summed E-state index contributed by atoms with van der Waals surface area (Å²) in [7, 11) is 0. The van der Waals surface area contributed by atoms with Crippen LogP contribution >= 0.6 is 15.9 Å². The first-order chi connectivity index (χ1) is 14.9. The van der Waals surface area contributed by atoms with Crippen molar-refractivity contribution in [2.45, 2.75) is 13.8 Å². The van der Waals surface area contributed by atoms with Crippen molar-refractivity contribution in [3.05, 3.63) is 99.5 Å². The van der Waals surface area contributed by atoms with Crippen LogP contribution in [0.4, 0.5) is 5.69 Å².